The first-order valence-electron chi connectivity index (χ1n) is 9.05. The number of hydrogen-bond acceptors (Lipinski definition) is 8. The van der Waals surface area contributed by atoms with Crippen molar-refractivity contribution in [3.8, 4) is 0 Å². The van der Waals surface area contributed by atoms with Crippen LogP contribution in [0.4, 0.5) is 11.4 Å². The third kappa shape index (κ3) is 3.29. The Bertz CT molecular complexity index is 1120. The summed E-state index contributed by atoms with van der Waals surface area (Å²) in [4.78, 5) is 61.7. The highest BCUT2D eigenvalue weighted by Gasteiger charge is 2.65. The van der Waals surface area contributed by atoms with Crippen LogP contribution in [0.15, 0.2) is 48.5 Å². The van der Waals surface area contributed by atoms with Gasteiger partial charge in [0.1, 0.15) is 0 Å². The lowest BCUT2D eigenvalue weighted by Gasteiger charge is -2.38. The van der Waals surface area contributed by atoms with Gasteiger partial charge in [0.25, 0.3) is 5.69 Å². The first-order chi connectivity index (χ1) is 14.7. The van der Waals surface area contributed by atoms with Crippen LogP contribution in [0.1, 0.15) is 28.8 Å². The Hall–Kier alpha value is -4.15. The van der Waals surface area contributed by atoms with E-state index in [0.717, 1.165) is 25.0 Å². The van der Waals surface area contributed by atoms with Crippen molar-refractivity contribution in [2.24, 2.45) is 0 Å². The van der Waals surface area contributed by atoms with E-state index in [4.69, 9.17) is 4.74 Å². The summed E-state index contributed by atoms with van der Waals surface area (Å²) in [5.41, 5.74) is -2.73. The van der Waals surface area contributed by atoms with Crippen molar-refractivity contribution in [1.82, 2.24) is 0 Å². The fourth-order valence-corrected chi connectivity index (χ4v) is 4.05. The molecule has 2 aromatic rings. The minimum Gasteiger partial charge on any atom is -0.467 e. The van der Waals surface area contributed by atoms with Gasteiger partial charge in [-0.1, -0.05) is 24.3 Å². The molecule has 1 heterocycles. The van der Waals surface area contributed by atoms with Crippen molar-refractivity contribution >= 4 is 29.0 Å². The zero-order valence-electron chi connectivity index (χ0n) is 16.5. The molecule has 1 amide bonds. The fraction of sp³-hybridized carbons (Fsp3) is 0.250. The van der Waals surface area contributed by atoms with Gasteiger partial charge >= 0.3 is 5.97 Å². The van der Waals surface area contributed by atoms with E-state index in [9.17, 15) is 34.6 Å². The summed E-state index contributed by atoms with van der Waals surface area (Å²) in [5.74, 6) is -4.31. The van der Waals surface area contributed by atoms with E-state index in [0.29, 0.717) is 0 Å². The van der Waals surface area contributed by atoms with Crippen molar-refractivity contribution in [2.45, 2.75) is 18.4 Å². The Morgan fingerprint density at radius 3 is 2.39 bits per heavy atom. The molecule has 0 radical (unpaired) electrons. The number of carbonyl (C=O) groups excluding carboxylic acids is 3. The summed E-state index contributed by atoms with van der Waals surface area (Å²) >= 11 is 0. The van der Waals surface area contributed by atoms with Crippen LogP contribution in [0, 0.1) is 20.2 Å². The Morgan fingerprint density at radius 1 is 1.13 bits per heavy atom. The molecule has 11 heteroatoms. The van der Waals surface area contributed by atoms with Gasteiger partial charge in [0, 0.05) is 29.5 Å². The van der Waals surface area contributed by atoms with E-state index in [1.54, 1.807) is 6.07 Å². The Morgan fingerprint density at radius 2 is 1.81 bits per heavy atom. The number of rotatable bonds is 6. The number of benzene rings is 2. The van der Waals surface area contributed by atoms with Gasteiger partial charge in [-0.25, -0.2) is 4.79 Å². The molecule has 1 aliphatic rings. The summed E-state index contributed by atoms with van der Waals surface area (Å²) in [5, 5.41) is 22.8. The standard InChI is InChI=1S/C20H17N3O8/c1-12(24)22-17-9-4-3-8-15(17)18(25)20(22,19(26)31-2)16(11-21(27)28)13-6-5-7-14(10-13)23(29)30/h3-10,16H,11H2,1-2H3/t16-,20+/m1/s1. The van der Waals surface area contributed by atoms with Crippen LogP contribution in [0.25, 0.3) is 0 Å². The molecule has 0 aliphatic carbocycles. The van der Waals surface area contributed by atoms with E-state index in [1.165, 1.54) is 36.4 Å². The van der Waals surface area contributed by atoms with E-state index >= 15 is 0 Å². The second-order valence-corrected chi connectivity index (χ2v) is 6.88. The number of anilines is 1. The van der Waals surface area contributed by atoms with Crippen molar-refractivity contribution in [3.63, 3.8) is 0 Å². The molecule has 1 aliphatic heterocycles. The van der Waals surface area contributed by atoms with Crippen LogP contribution in [0.3, 0.4) is 0 Å². The molecule has 11 nitrogen and oxygen atoms in total. The fourth-order valence-electron chi connectivity index (χ4n) is 4.05. The molecule has 0 aromatic heterocycles. The molecule has 160 valence electrons. The zero-order valence-corrected chi connectivity index (χ0v) is 16.5. The molecule has 0 N–H and O–H groups in total. The average Bonchev–Trinajstić information content (AvgIpc) is 3.01. The number of amides is 1. The van der Waals surface area contributed by atoms with Crippen LogP contribution < -0.4 is 4.90 Å². The average molecular weight is 427 g/mol. The highest BCUT2D eigenvalue weighted by atomic mass is 16.6. The number of esters is 1. The van der Waals surface area contributed by atoms with E-state index < -0.39 is 45.5 Å². The SMILES string of the molecule is COC(=O)[C@]1([C@H](C[N+](=O)[O-])c2cccc([N+](=O)[O-])c2)C(=O)c2ccccc2N1C(C)=O. The van der Waals surface area contributed by atoms with Crippen LogP contribution in [-0.4, -0.2) is 46.7 Å². The number of methoxy groups -OCH3 is 1. The van der Waals surface area contributed by atoms with Crippen molar-refractivity contribution < 1.29 is 29.0 Å². The third-order valence-corrected chi connectivity index (χ3v) is 5.22. The molecule has 2 atom stereocenters. The summed E-state index contributed by atoms with van der Waals surface area (Å²) in [6.45, 7) is 0.156. The summed E-state index contributed by atoms with van der Waals surface area (Å²) < 4.78 is 4.87. The second kappa shape index (κ2) is 7.94. The topological polar surface area (TPSA) is 150 Å². The monoisotopic (exact) mass is 427 g/mol. The van der Waals surface area contributed by atoms with Gasteiger partial charge in [-0.05, 0) is 17.7 Å². The van der Waals surface area contributed by atoms with Gasteiger partial charge in [0.2, 0.25) is 23.8 Å². The van der Waals surface area contributed by atoms with Gasteiger partial charge < -0.3 is 4.74 Å². The number of fused-ring (bicyclic) bond motifs is 1. The number of nitrogens with zero attached hydrogens (tertiary/aromatic N) is 3. The maximum Gasteiger partial charge on any atom is 0.341 e. The van der Waals surface area contributed by atoms with E-state index in [1.807, 2.05) is 0 Å². The number of non-ortho nitro benzene ring substituents is 1. The largest absolute Gasteiger partial charge is 0.467 e. The predicted molar refractivity (Wildman–Crippen MR) is 106 cm³/mol. The summed E-state index contributed by atoms with van der Waals surface area (Å²) in [7, 11) is 0.995. The van der Waals surface area contributed by atoms with Crippen LogP contribution in [0.5, 0.6) is 0 Å². The Kier molecular flexibility index (Phi) is 5.52. The van der Waals surface area contributed by atoms with Crippen LogP contribution in [0.2, 0.25) is 0 Å². The summed E-state index contributed by atoms with van der Waals surface area (Å²) in [6.07, 6.45) is 0. The maximum absolute atomic E-state index is 13.6. The van der Waals surface area contributed by atoms with Crippen molar-refractivity contribution in [2.75, 3.05) is 18.6 Å². The lowest BCUT2D eigenvalue weighted by Crippen LogP contribution is -2.63. The zero-order chi connectivity index (χ0) is 22.9. The highest BCUT2D eigenvalue weighted by Crippen LogP contribution is 2.47. The third-order valence-electron chi connectivity index (χ3n) is 5.22. The van der Waals surface area contributed by atoms with Crippen molar-refractivity contribution in [1.29, 1.82) is 0 Å². The molecule has 31 heavy (non-hydrogen) atoms. The molecule has 3 rings (SSSR count). The number of nitro groups is 2. The number of carbonyl (C=O) groups is 3. The lowest BCUT2D eigenvalue weighted by molar-refractivity contribution is -0.484. The molecule has 0 unspecified atom stereocenters. The quantitative estimate of drug-likeness (QED) is 0.294. The number of ketones is 1. The van der Waals surface area contributed by atoms with Crippen molar-refractivity contribution in [3.05, 3.63) is 79.9 Å². The molecule has 0 bridgehead atoms. The normalized spacial score (nSPS) is 18.3. The first-order valence-corrected chi connectivity index (χ1v) is 9.05. The first kappa shape index (κ1) is 21.6. The molecular formula is C20H17N3O8. The molecule has 2 aromatic carbocycles. The lowest BCUT2D eigenvalue weighted by atomic mass is 9.75. The predicted octanol–water partition coefficient (Wildman–Crippen LogP) is 2.12. The molecule has 0 saturated carbocycles. The Labute approximate surface area is 175 Å². The number of hydrogen-bond donors (Lipinski definition) is 0. The Balaban J connectivity index is 2.38. The van der Waals surface area contributed by atoms with E-state index in [-0.39, 0.29) is 22.5 Å². The molecule has 0 saturated heterocycles. The van der Waals surface area contributed by atoms with Gasteiger partial charge in [0.05, 0.1) is 23.6 Å². The maximum atomic E-state index is 13.6. The highest BCUT2D eigenvalue weighted by molar-refractivity contribution is 6.30. The minimum absolute atomic E-state index is 0.0156. The number of ether oxygens (including phenoxy) is 1. The molecular weight excluding hydrogens is 410 g/mol. The number of para-hydroxylation sites is 1. The van der Waals surface area contributed by atoms with Gasteiger partial charge in [-0.3, -0.25) is 34.7 Å². The minimum atomic E-state index is -2.44. The van der Waals surface area contributed by atoms with Gasteiger partial charge in [0.15, 0.2) is 0 Å². The van der Waals surface area contributed by atoms with Gasteiger partial charge in [-0.15, -0.1) is 0 Å². The smallest absolute Gasteiger partial charge is 0.341 e. The molecule has 0 spiro atoms. The van der Waals surface area contributed by atoms with E-state index in [2.05, 4.69) is 0 Å². The number of Topliss-reactive ketones (excluding diaryl/α,β-unsaturated/α-hetero) is 1. The van der Waals surface area contributed by atoms with Crippen LogP contribution >= 0.6 is 0 Å². The van der Waals surface area contributed by atoms with Gasteiger partial charge in [-0.2, -0.15) is 0 Å². The second-order valence-electron chi connectivity index (χ2n) is 6.88. The summed E-state index contributed by atoms with van der Waals surface area (Å²) in [6, 6.07) is 10.8. The molecule has 0 fully saturated rings. The van der Waals surface area contributed by atoms with Crippen LogP contribution in [-0.2, 0) is 14.3 Å². The number of nitro benzene ring substituents is 1.